The van der Waals surface area contributed by atoms with Gasteiger partial charge in [-0.1, -0.05) is 30.3 Å². The van der Waals surface area contributed by atoms with Gasteiger partial charge in [0.1, 0.15) is 5.82 Å². The highest BCUT2D eigenvalue weighted by Crippen LogP contribution is 2.43. The van der Waals surface area contributed by atoms with Gasteiger partial charge in [0.15, 0.2) is 5.78 Å². The number of carbonyl (C=O) groups is 1. The molecule has 0 saturated carbocycles. The Balaban J connectivity index is 2.01. The highest BCUT2D eigenvalue weighted by molar-refractivity contribution is 6.07. The molecule has 1 heterocycles. The smallest absolute Gasteiger partial charge is 0.180 e. The molecular weight excluding hydrogens is 265 g/mol. The van der Waals surface area contributed by atoms with Crippen LogP contribution in [0, 0.1) is 5.82 Å². The van der Waals surface area contributed by atoms with Crippen LogP contribution in [0.25, 0.3) is 10.9 Å². The van der Waals surface area contributed by atoms with Crippen LogP contribution in [0.3, 0.4) is 0 Å². The van der Waals surface area contributed by atoms with Gasteiger partial charge in [-0.2, -0.15) is 0 Å². The van der Waals surface area contributed by atoms with Crippen LogP contribution in [0.2, 0.25) is 0 Å². The van der Waals surface area contributed by atoms with E-state index in [9.17, 15) is 9.18 Å². The lowest BCUT2D eigenvalue weighted by molar-refractivity contribution is 0.0984. The summed E-state index contributed by atoms with van der Waals surface area (Å²) in [5.41, 5.74) is 3.74. The van der Waals surface area contributed by atoms with E-state index in [0.717, 1.165) is 27.7 Å². The van der Waals surface area contributed by atoms with Crippen LogP contribution in [0.1, 0.15) is 34.0 Å². The zero-order chi connectivity index (χ0) is 14.6. The number of hydrogen-bond donors (Lipinski definition) is 0. The van der Waals surface area contributed by atoms with E-state index in [1.165, 1.54) is 12.1 Å². The standard InChI is InChI=1S/C18H14FNO/c1-20-15-8-3-2-7-13(15)17-14(10-16(21)18(17)20)11-5-4-6-12(19)9-11/h2-9,14H,10H2,1H3/t14-/m1/s1. The maximum atomic E-state index is 13.5. The molecule has 1 aromatic heterocycles. The Bertz CT molecular complexity index is 878. The van der Waals surface area contributed by atoms with Crippen LogP contribution in [-0.4, -0.2) is 10.4 Å². The Kier molecular flexibility index (Phi) is 2.52. The molecule has 2 aromatic carbocycles. The fourth-order valence-corrected chi connectivity index (χ4v) is 3.50. The van der Waals surface area contributed by atoms with Gasteiger partial charge < -0.3 is 4.57 Å². The van der Waals surface area contributed by atoms with Gasteiger partial charge in [-0.25, -0.2) is 4.39 Å². The van der Waals surface area contributed by atoms with Crippen LogP contribution in [0.15, 0.2) is 48.5 Å². The van der Waals surface area contributed by atoms with Crippen molar-refractivity contribution in [1.82, 2.24) is 4.57 Å². The van der Waals surface area contributed by atoms with Crippen molar-refractivity contribution in [3.8, 4) is 0 Å². The number of hydrogen-bond acceptors (Lipinski definition) is 1. The Labute approximate surface area is 121 Å². The first-order valence-electron chi connectivity index (χ1n) is 7.03. The molecule has 1 atom stereocenters. The third kappa shape index (κ3) is 1.67. The number of aromatic nitrogens is 1. The predicted octanol–water partition coefficient (Wildman–Crippen LogP) is 4.04. The summed E-state index contributed by atoms with van der Waals surface area (Å²) in [4.78, 5) is 12.4. The minimum absolute atomic E-state index is 0.0469. The summed E-state index contributed by atoms with van der Waals surface area (Å²) in [6.07, 6.45) is 0.423. The quantitative estimate of drug-likeness (QED) is 0.659. The molecule has 1 aliphatic rings. The predicted molar refractivity (Wildman–Crippen MR) is 80.1 cm³/mol. The summed E-state index contributed by atoms with van der Waals surface area (Å²) >= 11 is 0. The van der Waals surface area contributed by atoms with E-state index in [2.05, 4.69) is 0 Å². The van der Waals surface area contributed by atoms with Crippen molar-refractivity contribution in [2.45, 2.75) is 12.3 Å². The Morgan fingerprint density at radius 2 is 1.95 bits per heavy atom. The maximum absolute atomic E-state index is 13.5. The summed E-state index contributed by atoms with van der Waals surface area (Å²) in [5.74, 6) is -0.166. The van der Waals surface area contributed by atoms with Crippen molar-refractivity contribution >= 4 is 16.7 Å². The SMILES string of the molecule is Cn1c2c(c3ccccc31)[C@@H](c1cccc(F)c1)CC2=O. The van der Waals surface area contributed by atoms with Gasteiger partial charge in [0.2, 0.25) is 0 Å². The number of Topliss-reactive ketones (excluding diaryl/α,β-unsaturated/α-hetero) is 1. The molecule has 0 amide bonds. The molecule has 4 rings (SSSR count). The molecule has 3 heteroatoms. The number of carbonyl (C=O) groups excluding carboxylic acids is 1. The van der Waals surface area contributed by atoms with Crippen molar-refractivity contribution in [2.24, 2.45) is 7.05 Å². The molecule has 0 unspecified atom stereocenters. The van der Waals surface area contributed by atoms with E-state index >= 15 is 0 Å². The topological polar surface area (TPSA) is 22.0 Å². The normalized spacial score (nSPS) is 17.4. The van der Waals surface area contributed by atoms with Crippen LogP contribution < -0.4 is 0 Å². The second-order valence-corrected chi connectivity index (χ2v) is 5.57. The van der Waals surface area contributed by atoms with E-state index in [0.29, 0.717) is 6.42 Å². The van der Waals surface area contributed by atoms with Crippen LogP contribution in [0.5, 0.6) is 0 Å². The number of para-hydroxylation sites is 1. The molecule has 0 saturated heterocycles. The third-order valence-electron chi connectivity index (χ3n) is 4.40. The second-order valence-electron chi connectivity index (χ2n) is 5.57. The lowest BCUT2D eigenvalue weighted by Crippen LogP contribution is -2.01. The van der Waals surface area contributed by atoms with Gasteiger partial charge in [-0.05, 0) is 29.3 Å². The van der Waals surface area contributed by atoms with Crippen molar-refractivity contribution in [3.05, 3.63) is 71.2 Å². The first-order valence-corrected chi connectivity index (χ1v) is 7.03. The van der Waals surface area contributed by atoms with Crippen LogP contribution in [0.4, 0.5) is 4.39 Å². The largest absolute Gasteiger partial charge is 0.341 e. The van der Waals surface area contributed by atoms with Crippen molar-refractivity contribution in [1.29, 1.82) is 0 Å². The number of benzene rings is 2. The summed E-state index contributed by atoms with van der Waals surface area (Å²) in [5, 5.41) is 1.09. The molecule has 0 bridgehead atoms. The summed E-state index contributed by atoms with van der Waals surface area (Å²) in [6, 6.07) is 14.6. The van der Waals surface area contributed by atoms with Gasteiger partial charge >= 0.3 is 0 Å². The molecule has 2 nitrogen and oxygen atoms in total. The molecule has 0 aliphatic heterocycles. The molecular formula is C18H14FNO. The third-order valence-corrected chi connectivity index (χ3v) is 4.40. The molecule has 3 aromatic rings. The molecule has 104 valence electrons. The van der Waals surface area contributed by atoms with Crippen molar-refractivity contribution in [2.75, 3.05) is 0 Å². The number of aryl methyl sites for hydroxylation is 1. The molecule has 21 heavy (non-hydrogen) atoms. The van der Waals surface area contributed by atoms with Crippen molar-refractivity contribution in [3.63, 3.8) is 0 Å². The van der Waals surface area contributed by atoms with E-state index in [4.69, 9.17) is 0 Å². The zero-order valence-electron chi connectivity index (χ0n) is 11.6. The van der Waals surface area contributed by atoms with E-state index in [1.807, 2.05) is 41.9 Å². The van der Waals surface area contributed by atoms with Gasteiger partial charge in [0.05, 0.1) is 5.69 Å². The minimum Gasteiger partial charge on any atom is -0.341 e. The Morgan fingerprint density at radius 1 is 1.14 bits per heavy atom. The second kappa shape index (κ2) is 4.29. The van der Waals surface area contributed by atoms with Crippen LogP contribution in [-0.2, 0) is 7.05 Å². The van der Waals surface area contributed by atoms with Gasteiger partial charge in [0.25, 0.3) is 0 Å². The lowest BCUT2D eigenvalue weighted by atomic mass is 9.92. The van der Waals surface area contributed by atoms with Crippen molar-refractivity contribution < 1.29 is 9.18 Å². The molecule has 0 radical (unpaired) electrons. The number of rotatable bonds is 1. The lowest BCUT2D eigenvalue weighted by Gasteiger charge is -2.10. The fourth-order valence-electron chi connectivity index (χ4n) is 3.50. The van der Waals surface area contributed by atoms with E-state index < -0.39 is 0 Å². The molecule has 1 aliphatic carbocycles. The number of ketones is 1. The highest BCUT2D eigenvalue weighted by atomic mass is 19.1. The minimum atomic E-state index is -0.256. The highest BCUT2D eigenvalue weighted by Gasteiger charge is 2.35. The number of halogens is 1. The van der Waals surface area contributed by atoms with Gasteiger partial charge in [0, 0.05) is 30.3 Å². The van der Waals surface area contributed by atoms with Gasteiger partial charge in [-0.15, -0.1) is 0 Å². The van der Waals surface area contributed by atoms with E-state index in [1.54, 1.807) is 6.07 Å². The summed E-state index contributed by atoms with van der Waals surface area (Å²) < 4.78 is 15.5. The zero-order valence-corrected chi connectivity index (χ0v) is 11.6. The first kappa shape index (κ1) is 12.3. The van der Waals surface area contributed by atoms with Gasteiger partial charge in [-0.3, -0.25) is 4.79 Å². The summed E-state index contributed by atoms with van der Waals surface area (Å²) in [6.45, 7) is 0. The van der Waals surface area contributed by atoms with Crippen LogP contribution >= 0.6 is 0 Å². The average molecular weight is 279 g/mol. The summed E-state index contributed by atoms with van der Waals surface area (Å²) in [7, 11) is 1.92. The average Bonchev–Trinajstić information content (AvgIpc) is 2.97. The molecule has 0 N–H and O–H groups in total. The van der Waals surface area contributed by atoms with E-state index in [-0.39, 0.29) is 17.5 Å². The Hall–Kier alpha value is -2.42. The number of nitrogens with zero attached hydrogens (tertiary/aromatic N) is 1. The number of fused-ring (bicyclic) bond motifs is 3. The first-order chi connectivity index (χ1) is 10.2. The maximum Gasteiger partial charge on any atom is 0.180 e. The monoisotopic (exact) mass is 279 g/mol. The molecule has 0 fully saturated rings. The fraction of sp³-hybridized carbons (Fsp3) is 0.167. The molecule has 0 spiro atoms. The Morgan fingerprint density at radius 3 is 2.76 bits per heavy atom.